The molecule has 2 aliphatic rings. The third kappa shape index (κ3) is 4.60. The van der Waals surface area contributed by atoms with E-state index < -0.39 is 0 Å². The lowest BCUT2D eigenvalue weighted by molar-refractivity contribution is 0.772. The van der Waals surface area contributed by atoms with Gasteiger partial charge in [0.25, 0.3) is 0 Å². The van der Waals surface area contributed by atoms with Gasteiger partial charge in [0.1, 0.15) is 0 Å². The molecule has 0 aliphatic carbocycles. The number of nitrogens with zero attached hydrogens (tertiary/aromatic N) is 2. The number of aryl methyl sites for hydroxylation is 2. The lowest BCUT2D eigenvalue weighted by Gasteiger charge is -2.32. The predicted molar refractivity (Wildman–Crippen MR) is 250 cm³/mol. The van der Waals surface area contributed by atoms with Crippen LogP contribution in [-0.4, -0.2) is 13.1 Å². The van der Waals surface area contributed by atoms with Gasteiger partial charge in [0.15, 0.2) is 0 Å². The second-order valence-corrected chi connectivity index (χ2v) is 16.6. The summed E-state index contributed by atoms with van der Waals surface area (Å²) >= 11 is 0. The Kier molecular flexibility index (Phi) is 6.83. The minimum Gasteiger partial charge on any atom is -0.341 e. The second-order valence-electron chi connectivity index (χ2n) is 16.6. The van der Waals surface area contributed by atoms with Crippen LogP contribution in [-0.2, 0) is 12.8 Å². The van der Waals surface area contributed by atoms with Crippen LogP contribution in [0, 0.1) is 0 Å². The van der Waals surface area contributed by atoms with E-state index >= 15 is 0 Å². The SMILES string of the molecule is c1ccc2c3c(ccc2c1)N(c1ccc2c(c1)c1ccccc1c1cc4c5ccc(N6CCCc7c6ccc6ccccc76)cc5c5ccccc5c4cc21)CCC3. The summed E-state index contributed by atoms with van der Waals surface area (Å²) in [5.41, 5.74) is 8.18. The molecule has 0 fully saturated rings. The van der Waals surface area contributed by atoms with Crippen LogP contribution in [0.3, 0.4) is 0 Å². The average Bonchev–Trinajstić information content (AvgIpc) is 3.30. The minimum atomic E-state index is 1.02. The fourth-order valence-corrected chi connectivity index (χ4v) is 11.0. The Bertz CT molecular complexity index is 3310. The van der Waals surface area contributed by atoms with Crippen LogP contribution in [0.25, 0.3) is 86.2 Å². The number of fused-ring (bicyclic) bond motifs is 18. The van der Waals surface area contributed by atoms with Gasteiger partial charge >= 0.3 is 0 Å². The predicted octanol–water partition coefficient (Wildman–Crippen LogP) is 15.1. The summed E-state index contributed by atoms with van der Waals surface area (Å²) in [7, 11) is 0. The maximum atomic E-state index is 2.56. The third-order valence-electron chi connectivity index (χ3n) is 13.6. The molecule has 0 amide bonds. The first-order valence-corrected chi connectivity index (χ1v) is 21.0. The van der Waals surface area contributed by atoms with Crippen molar-refractivity contribution >= 4 is 109 Å². The van der Waals surface area contributed by atoms with Gasteiger partial charge in [-0.3, -0.25) is 0 Å². The molecule has 0 radical (unpaired) electrons. The molecule has 2 heteroatoms. The molecule has 0 saturated carbocycles. The molecular weight excluding hydrogens is 701 g/mol. The van der Waals surface area contributed by atoms with Crippen LogP contribution in [0.1, 0.15) is 24.0 Å². The quantitative estimate of drug-likeness (QED) is 0.129. The minimum absolute atomic E-state index is 1.02. The Morgan fingerprint density at radius 2 is 0.621 bits per heavy atom. The molecule has 0 atom stereocenters. The normalized spacial score (nSPS) is 14.4. The Morgan fingerprint density at radius 3 is 1.03 bits per heavy atom. The molecule has 0 saturated heterocycles. The molecule has 0 unspecified atom stereocenters. The lowest BCUT2D eigenvalue weighted by Crippen LogP contribution is -2.24. The second kappa shape index (κ2) is 12.3. The number of hydrogen-bond donors (Lipinski definition) is 0. The van der Waals surface area contributed by atoms with Gasteiger partial charge in [-0.25, -0.2) is 0 Å². The lowest BCUT2D eigenvalue weighted by atomic mass is 9.88. The highest BCUT2D eigenvalue weighted by atomic mass is 15.1. The summed E-state index contributed by atoms with van der Waals surface area (Å²) in [6.45, 7) is 2.05. The van der Waals surface area contributed by atoms with Gasteiger partial charge in [-0.2, -0.15) is 0 Å². The highest BCUT2D eigenvalue weighted by Gasteiger charge is 2.24. The van der Waals surface area contributed by atoms with E-state index in [1.54, 1.807) is 0 Å². The maximum absolute atomic E-state index is 2.56. The maximum Gasteiger partial charge on any atom is 0.0449 e. The van der Waals surface area contributed by atoms with Crippen molar-refractivity contribution in [2.45, 2.75) is 25.7 Å². The van der Waals surface area contributed by atoms with E-state index in [1.807, 2.05) is 0 Å². The topological polar surface area (TPSA) is 6.48 Å². The molecule has 11 aromatic carbocycles. The van der Waals surface area contributed by atoms with Crippen molar-refractivity contribution in [2.75, 3.05) is 22.9 Å². The number of rotatable bonds is 2. The molecule has 2 nitrogen and oxygen atoms in total. The smallest absolute Gasteiger partial charge is 0.0449 e. The van der Waals surface area contributed by atoms with Crippen molar-refractivity contribution in [3.8, 4) is 0 Å². The Labute approximate surface area is 337 Å². The van der Waals surface area contributed by atoms with Crippen LogP contribution < -0.4 is 9.80 Å². The first-order valence-electron chi connectivity index (χ1n) is 21.0. The third-order valence-corrected chi connectivity index (χ3v) is 13.6. The number of hydrogen-bond acceptors (Lipinski definition) is 2. The summed E-state index contributed by atoms with van der Waals surface area (Å²) in [4.78, 5) is 5.12. The van der Waals surface area contributed by atoms with E-state index in [2.05, 4.69) is 180 Å². The van der Waals surface area contributed by atoms with Crippen LogP contribution in [0.15, 0.2) is 170 Å². The molecular formula is C56H40N2. The first kappa shape index (κ1) is 32.2. The van der Waals surface area contributed by atoms with Crippen molar-refractivity contribution in [1.82, 2.24) is 0 Å². The molecule has 0 N–H and O–H groups in total. The average molecular weight is 741 g/mol. The summed E-state index contributed by atoms with van der Waals surface area (Å²) < 4.78 is 0. The zero-order chi connectivity index (χ0) is 37.9. The van der Waals surface area contributed by atoms with Crippen molar-refractivity contribution in [3.05, 3.63) is 181 Å². The van der Waals surface area contributed by atoms with Crippen LogP contribution >= 0.6 is 0 Å². The van der Waals surface area contributed by atoms with Crippen molar-refractivity contribution in [1.29, 1.82) is 0 Å². The van der Waals surface area contributed by atoms with Gasteiger partial charge in [0.2, 0.25) is 0 Å². The summed E-state index contributed by atoms with van der Waals surface area (Å²) in [6.07, 6.45) is 4.53. The fourth-order valence-electron chi connectivity index (χ4n) is 11.0. The van der Waals surface area contributed by atoms with E-state index in [4.69, 9.17) is 0 Å². The monoisotopic (exact) mass is 740 g/mol. The first-order chi connectivity index (χ1) is 28.8. The van der Waals surface area contributed by atoms with Crippen molar-refractivity contribution in [3.63, 3.8) is 0 Å². The van der Waals surface area contributed by atoms with Gasteiger partial charge in [-0.05, 0) is 172 Å². The fraction of sp³-hybridized carbons (Fsp3) is 0.107. The number of anilines is 4. The highest BCUT2D eigenvalue weighted by molar-refractivity contribution is 6.33. The molecule has 13 rings (SSSR count). The molecule has 2 aliphatic heterocycles. The molecule has 2 heterocycles. The van der Waals surface area contributed by atoms with Gasteiger partial charge in [0.05, 0.1) is 0 Å². The Hall–Kier alpha value is -6.90. The molecule has 58 heavy (non-hydrogen) atoms. The summed E-state index contributed by atoms with van der Waals surface area (Å²) in [6, 6.07) is 64.6. The molecule has 274 valence electrons. The van der Waals surface area contributed by atoms with E-state index in [9.17, 15) is 0 Å². The van der Waals surface area contributed by atoms with Crippen LogP contribution in [0.2, 0.25) is 0 Å². The van der Waals surface area contributed by atoms with Gasteiger partial charge in [0, 0.05) is 35.8 Å². The van der Waals surface area contributed by atoms with Crippen LogP contribution in [0.5, 0.6) is 0 Å². The van der Waals surface area contributed by atoms with Crippen molar-refractivity contribution in [2.24, 2.45) is 0 Å². The van der Waals surface area contributed by atoms with E-state index in [0.29, 0.717) is 0 Å². The molecule has 0 spiro atoms. The zero-order valence-corrected chi connectivity index (χ0v) is 32.3. The summed E-state index contributed by atoms with van der Waals surface area (Å²) in [5, 5.41) is 21.2. The van der Waals surface area contributed by atoms with E-state index in [0.717, 1.165) is 38.8 Å². The Morgan fingerprint density at radius 1 is 0.276 bits per heavy atom. The number of benzene rings is 11. The zero-order valence-electron chi connectivity index (χ0n) is 32.3. The van der Waals surface area contributed by atoms with E-state index in [1.165, 1.54) is 120 Å². The van der Waals surface area contributed by atoms with Crippen molar-refractivity contribution < 1.29 is 0 Å². The summed E-state index contributed by atoms with van der Waals surface area (Å²) in [5.74, 6) is 0. The van der Waals surface area contributed by atoms with Gasteiger partial charge in [-0.1, -0.05) is 121 Å². The highest BCUT2D eigenvalue weighted by Crippen LogP contribution is 2.46. The largest absolute Gasteiger partial charge is 0.341 e. The van der Waals surface area contributed by atoms with Crippen LogP contribution in [0.4, 0.5) is 22.7 Å². The Balaban J connectivity index is 1.02. The molecule has 0 aromatic heterocycles. The van der Waals surface area contributed by atoms with Gasteiger partial charge in [-0.15, -0.1) is 0 Å². The standard InChI is InChI=1S/C56H40N2/c1-3-13-39-35(11-1)21-27-55-47(39)19-9-29-57(55)37-23-25-45-49(31-37)41-15-5-7-17-43(41)51-34-54-46-26-24-38(32-50(46)42-16-6-8-18-44(42)52(54)33-53(45)51)58-30-10-20-48-40-14-4-2-12-36(40)22-28-56(48)58/h1-8,11-18,21-28,31-34H,9-10,19-20,29-30H2. The molecule has 0 bridgehead atoms. The van der Waals surface area contributed by atoms with Gasteiger partial charge < -0.3 is 9.80 Å². The molecule has 11 aromatic rings. The van der Waals surface area contributed by atoms with E-state index in [-0.39, 0.29) is 0 Å².